The third-order valence-electron chi connectivity index (χ3n) is 4.51. The van der Waals surface area contributed by atoms with Crippen molar-refractivity contribution in [2.45, 2.75) is 13.0 Å². The van der Waals surface area contributed by atoms with Gasteiger partial charge >= 0.3 is 0 Å². The van der Waals surface area contributed by atoms with Crippen molar-refractivity contribution in [2.24, 2.45) is 0 Å². The molecule has 0 aromatic heterocycles. The number of nitrogens with one attached hydrogen (secondary N) is 1. The summed E-state index contributed by atoms with van der Waals surface area (Å²) in [6.45, 7) is 1.30. The molecule has 1 N–H and O–H groups in total. The van der Waals surface area contributed by atoms with Gasteiger partial charge in [-0.25, -0.2) is 0 Å². The molecule has 5 heteroatoms. The van der Waals surface area contributed by atoms with Crippen molar-refractivity contribution in [3.05, 3.63) is 89.5 Å². The van der Waals surface area contributed by atoms with Crippen LogP contribution in [0.3, 0.4) is 0 Å². The zero-order valence-corrected chi connectivity index (χ0v) is 15.4. The molecule has 0 unspecified atom stereocenters. The summed E-state index contributed by atoms with van der Waals surface area (Å²) in [5, 5.41) is 2.93. The van der Waals surface area contributed by atoms with Crippen LogP contribution < -0.4 is 19.5 Å². The van der Waals surface area contributed by atoms with Crippen molar-refractivity contribution in [1.82, 2.24) is 5.32 Å². The highest BCUT2D eigenvalue weighted by molar-refractivity contribution is 5.94. The Kier molecular flexibility index (Phi) is 5.43. The molecule has 1 heterocycles. The molecule has 0 radical (unpaired) electrons. The Bertz CT molecular complexity index is 939. The van der Waals surface area contributed by atoms with E-state index in [-0.39, 0.29) is 12.7 Å². The van der Waals surface area contributed by atoms with E-state index in [0.29, 0.717) is 30.2 Å². The largest absolute Gasteiger partial charge is 0.489 e. The van der Waals surface area contributed by atoms with Crippen LogP contribution in [0.25, 0.3) is 0 Å². The first-order valence-electron chi connectivity index (χ1n) is 9.21. The Hall–Kier alpha value is -3.47. The second-order valence-corrected chi connectivity index (χ2v) is 6.49. The van der Waals surface area contributed by atoms with Gasteiger partial charge in [0.25, 0.3) is 5.91 Å². The van der Waals surface area contributed by atoms with E-state index in [2.05, 4.69) is 5.32 Å². The molecule has 1 aliphatic rings. The van der Waals surface area contributed by atoms with Gasteiger partial charge in [-0.15, -0.1) is 0 Å². The summed E-state index contributed by atoms with van der Waals surface area (Å²) >= 11 is 0. The predicted octanol–water partition coefficient (Wildman–Crippen LogP) is 3.97. The van der Waals surface area contributed by atoms with E-state index >= 15 is 0 Å². The van der Waals surface area contributed by atoms with Crippen LogP contribution in [-0.2, 0) is 13.0 Å². The zero-order chi connectivity index (χ0) is 19.2. The second-order valence-electron chi connectivity index (χ2n) is 6.49. The average Bonchev–Trinajstić information content (AvgIpc) is 3.22. The quantitative estimate of drug-likeness (QED) is 0.679. The summed E-state index contributed by atoms with van der Waals surface area (Å²) in [6, 6.07) is 23.2. The molecule has 3 aromatic carbocycles. The average molecular weight is 375 g/mol. The first-order chi connectivity index (χ1) is 13.8. The highest BCUT2D eigenvalue weighted by atomic mass is 16.7. The first kappa shape index (κ1) is 17.9. The molecule has 0 atom stereocenters. The van der Waals surface area contributed by atoms with E-state index in [1.807, 2.05) is 54.6 Å². The maximum atomic E-state index is 12.3. The fraction of sp³-hybridized carbons (Fsp3) is 0.174. The maximum absolute atomic E-state index is 12.3. The van der Waals surface area contributed by atoms with E-state index < -0.39 is 0 Å². The molecule has 1 aliphatic heterocycles. The second kappa shape index (κ2) is 8.48. The van der Waals surface area contributed by atoms with Crippen LogP contribution in [0.15, 0.2) is 72.8 Å². The van der Waals surface area contributed by atoms with Gasteiger partial charge in [0.1, 0.15) is 12.4 Å². The minimum absolute atomic E-state index is 0.124. The Morgan fingerprint density at radius 2 is 1.68 bits per heavy atom. The van der Waals surface area contributed by atoms with Crippen LogP contribution in [0, 0.1) is 0 Å². The van der Waals surface area contributed by atoms with Crippen LogP contribution >= 0.6 is 0 Å². The first-order valence-corrected chi connectivity index (χ1v) is 9.21. The molecule has 0 saturated heterocycles. The van der Waals surface area contributed by atoms with Crippen molar-refractivity contribution in [3.63, 3.8) is 0 Å². The minimum atomic E-state index is -0.124. The summed E-state index contributed by atoms with van der Waals surface area (Å²) in [4.78, 5) is 12.3. The normalized spacial score (nSPS) is 11.9. The van der Waals surface area contributed by atoms with Gasteiger partial charge in [-0.3, -0.25) is 4.79 Å². The number of benzene rings is 3. The lowest BCUT2D eigenvalue weighted by Gasteiger charge is -2.08. The Balaban J connectivity index is 1.24. The van der Waals surface area contributed by atoms with Crippen molar-refractivity contribution < 1.29 is 19.0 Å². The van der Waals surface area contributed by atoms with Crippen LogP contribution in [0.2, 0.25) is 0 Å². The van der Waals surface area contributed by atoms with Crippen LogP contribution in [-0.4, -0.2) is 19.2 Å². The number of ether oxygens (including phenoxy) is 3. The third kappa shape index (κ3) is 4.43. The molecule has 4 rings (SSSR count). The SMILES string of the molecule is O=C(NCCc1ccc(OCc2ccccc2)cc1)c1ccc2c(c1)OCO2. The van der Waals surface area contributed by atoms with E-state index in [1.165, 1.54) is 0 Å². The molecule has 1 amide bonds. The van der Waals surface area contributed by atoms with E-state index in [0.717, 1.165) is 23.3 Å². The smallest absolute Gasteiger partial charge is 0.251 e. The molecule has 0 saturated carbocycles. The highest BCUT2D eigenvalue weighted by Crippen LogP contribution is 2.32. The number of hydrogen-bond donors (Lipinski definition) is 1. The number of fused-ring (bicyclic) bond motifs is 1. The van der Waals surface area contributed by atoms with Crippen LogP contribution in [0.4, 0.5) is 0 Å². The van der Waals surface area contributed by atoms with Crippen molar-refractivity contribution in [2.75, 3.05) is 13.3 Å². The molecule has 28 heavy (non-hydrogen) atoms. The maximum Gasteiger partial charge on any atom is 0.251 e. The molecular weight excluding hydrogens is 354 g/mol. The molecular formula is C23H21NO4. The van der Waals surface area contributed by atoms with Crippen molar-refractivity contribution in [3.8, 4) is 17.2 Å². The van der Waals surface area contributed by atoms with Gasteiger partial charge in [-0.2, -0.15) is 0 Å². The highest BCUT2D eigenvalue weighted by Gasteiger charge is 2.15. The van der Waals surface area contributed by atoms with E-state index in [9.17, 15) is 4.79 Å². The van der Waals surface area contributed by atoms with Gasteiger partial charge in [0.05, 0.1) is 0 Å². The monoisotopic (exact) mass is 375 g/mol. The van der Waals surface area contributed by atoms with E-state index in [4.69, 9.17) is 14.2 Å². The molecule has 5 nitrogen and oxygen atoms in total. The summed E-state index contributed by atoms with van der Waals surface area (Å²) in [5.74, 6) is 1.99. The summed E-state index contributed by atoms with van der Waals surface area (Å²) in [7, 11) is 0. The summed E-state index contributed by atoms with van der Waals surface area (Å²) in [5.41, 5.74) is 2.84. The zero-order valence-electron chi connectivity index (χ0n) is 15.4. The Labute approximate surface area is 163 Å². The van der Waals surface area contributed by atoms with Crippen molar-refractivity contribution >= 4 is 5.91 Å². The fourth-order valence-electron chi connectivity index (χ4n) is 2.95. The lowest BCUT2D eigenvalue weighted by atomic mass is 10.1. The topological polar surface area (TPSA) is 56.8 Å². The minimum Gasteiger partial charge on any atom is -0.489 e. The number of hydrogen-bond acceptors (Lipinski definition) is 4. The number of carbonyl (C=O) groups excluding carboxylic acids is 1. The van der Waals surface area contributed by atoms with Gasteiger partial charge in [-0.1, -0.05) is 42.5 Å². The van der Waals surface area contributed by atoms with Crippen LogP contribution in [0.5, 0.6) is 17.2 Å². The molecule has 142 valence electrons. The Morgan fingerprint density at radius 1 is 0.893 bits per heavy atom. The number of rotatable bonds is 7. The van der Waals surface area contributed by atoms with Crippen LogP contribution in [0.1, 0.15) is 21.5 Å². The third-order valence-corrected chi connectivity index (χ3v) is 4.51. The lowest BCUT2D eigenvalue weighted by molar-refractivity contribution is 0.0953. The number of carbonyl (C=O) groups is 1. The van der Waals surface area contributed by atoms with Gasteiger partial charge in [0, 0.05) is 12.1 Å². The fourth-order valence-corrected chi connectivity index (χ4v) is 2.95. The number of amides is 1. The Morgan fingerprint density at radius 3 is 2.50 bits per heavy atom. The van der Waals surface area contributed by atoms with Gasteiger partial charge < -0.3 is 19.5 Å². The molecule has 0 fully saturated rings. The molecule has 0 bridgehead atoms. The van der Waals surface area contributed by atoms with Gasteiger partial charge in [-0.05, 0) is 47.9 Å². The predicted molar refractivity (Wildman–Crippen MR) is 106 cm³/mol. The van der Waals surface area contributed by atoms with E-state index in [1.54, 1.807) is 18.2 Å². The summed E-state index contributed by atoms with van der Waals surface area (Å²) in [6.07, 6.45) is 0.745. The summed E-state index contributed by atoms with van der Waals surface area (Å²) < 4.78 is 16.4. The molecule has 0 aliphatic carbocycles. The van der Waals surface area contributed by atoms with Gasteiger partial charge in [0.2, 0.25) is 6.79 Å². The lowest BCUT2D eigenvalue weighted by Crippen LogP contribution is -2.25. The molecule has 0 spiro atoms. The molecule has 3 aromatic rings. The van der Waals surface area contributed by atoms with Gasteiger partial charge in [0.15, 0.2) is 11.5 Å². The van der Waals surface area contributed by atoms with Crippen molar-refractivity contribution in [1.29, 1.82) is 0 Å². The standard InChI is InChI=1S/C23H21NO4/c25-23(19-8-11-21-22(14-19)28-16-27-21)24-13-12-17-6-9-20(10-7-17)26-15-18-4-2-1-3-5-18/h1-11,14H,12-13,15-16H2,(H,24,25).